The largest absolute Gasteiger partial charge is 0.375 e. The van der Waals surface area contributed by atoms with Gasteiger partial charge >= 0.3 is 0 Å². The Labute approximate surface area is 156 Å². The summed E-state index contributed by atoms with van der Waals surface area (Å²) in [6, 6.07) is 11.7. The van der Waals surface area contributed by atoms with Gasteiger partial charge in [0.25, 0.3) is 5.91 Å². The zero-order chi connectivity index (χ0) is 18.8. The minimum Gasteiger partial charge on any atom is -0.375 e. The van der Waals surface area contributed by atoms with Crippen molar-refractivity contribution in [2.24, 2.45) is 0 Å². The lowest BCUT2D eigenvalue weighted by Gasteiger charge is -2.19. The highest BCUT2D eigenvalue weighted by Gasteiger charge is 2.30. The van der Waals surface area contributed by atoms with E-state index in [1.165, 1.54) is 0 Å². The molecule has 2 aromatic carbocycles. The lowest BCUT2D eigenvalue weighted by atomic mass is 10.1. The molecular formula is C19H18ClN3O3. The number of benzene rings is 2. The number of halogens is 1. The average molecular weight is 372 g/mol. The van der Waals surface area contributed by atoms with E-state index in [0.29, 0.717) is 27.6 Å². The number of rotatable bonds is 4. The molecule has 26 heavy (non-hydrogen) atoms. The Bertz CT molecular complexity index is 862. The fraction of sp³-hybridized carbons (Fsp3) is 0.211. The standard InChI is InChI=1S/C19H18ClN3O3/c1-22(2)18-14(20)4-3-5-15(18)21-19(26)12-6-8-13(9-7-12)23-16(24)10-11-17(23)25/h3-9H,10-11H2,1-2H3,(H,21,26). The molecule has 134 valence electrons. The molecule has 0 bridgehead atoms. The topological polar surface area (TPSA) is 69.7 Å². The van der Waals surface area contributed by atoms with E-state index >= 15 is 0 Å². The van der Waals surface area contributed by atoms with Crippen LogP contribution in [-0.4, -0.2) is 31.8 Å². The van der Waals surface area contributed by atoms with E-state index in [9.17, 15) is 14.4 Å². The second-order valence-corrected chi connectivity index (χ2v) is 6.56. The van der Waals surface area contributed by atoms with E-state index in [1.54, 1.807) is 42.5 Å². The Hall–Kier alpha value is -2.86. The van der Waals surface area contributed by atoms with E-state index in [1.807, 2.05) is 19.0 Å². The Morgan fingerprint density at radius 3 is 2.23 bits per heavy atom. The van der Waals surface area contributed by atoms with E-state index < -0.39 is 0 Å². The van der Waals surface area contributed by atoms with Gasteiger partial charge in [-0.25, -0.2) is 0 Å². The molecule has 1 heterocycles. The molecule has 3 rings (SSSR count). The van der Waals surface area contributed by atoms with Crippen molar-refractivity contribution in [3.8, 4) is 0 Å². The van der Waals surface area contributed by atoms with Crippen LogP contribution in [0.4, 0.5) is 17.1 Å². The van der Waals surface area contributed by atoms with Crippen molar-refractivity contribution in [3.63, 3.8) is 0 Å². The van der Waals surface area contributed by atoms with Gasteiger partial charge in [-0.1, -0.05) is 17.7 Å². The van der Waals surface area contributed by atoms with Crippen molar-refractivity contribution in [1.29, 1.82) is 0 Å². The highest BCUT2D eigenvalue weighted by Crippen LogP contribution is 2.32. The highest BCUT2D eigenvalue weighted by atomic mass is 35.5. The highest BCUT2D eigenvalue weighted by molar-refractivity contribution is 6.34. The second-order valence-electron chi connectivity index (χ2n) is 6.15. The molecule has 1 aliphatic rings. The summed E-state index contributed by atoms with van der Waals surface area (Å²) in [5.74, 6) is -0.746. The molecular weight excluding hydrogens is 354 g/mol. The molecule has 0 unspecified atom stereocenters. The monoisotopic (exact) mass is 371 g/mol. The van der Waals surface area contributed by atoms with Crippen LogP contribution < -0.4 is 15.1 Å². The number of para-hydroxylation sites is 1. The number of nitrogens with zero attached hydrogens (tertiary/aromatic N) is 2. The van der Waals surface area contributed by atoms with Gasteiger partial charge in [0.2, 0.25) is 11.8 Å². The van der Waals surface area contributed by atoms with E-state index in [2.05, 4.69) is 5.32 Å². The minimum atomic E-state index is -0.305. The molecule has 0 aromatic heterocycles. The number of amides is 3. The molecule has 1 saturated heterocycles. The first-order valence-electron chi connectivity index (χ1n) is 8.11. The third-order valence-electron chi connectivity index (χ3n) is 4.12. The molecule has 1 fully saturated rings. The molecule has 1 aliphatic heterocycles. The van der Waals surface area contributed by atoms with Crippen LogP contribution in [0.5, 0.6) is 0 Å². The fourth-order valence-electron chi connectivity index (χ4n) is 2.89. The molecule has 0 radical (unpaired) electrons. The van der Waals surface area contributed by atoms with Crippen molar-refractivity contribution in [1.82, 2.24) is 0 Å². The van der Waals surface area contributed by atoms with Crippen LogP contribution in [0.15, 0.2) is 42.5 Å². The van der Waals surface area contributed by atoms with Crippen LogP contribution >= 0.6 is 11.6 Å². The summed E-state index contributed by atoms with van der Waals surface area (Å²) in [7, 11) is 3.69. The predicted octanol–water partition coefficient (Wildman–Crippen LogP) is 3.31. The number of carbonyl (C=O) groups excluding carboxylic acids is 3. The van der Waals surface area contributed by atoms with Crippen molar-refractivity contribution >= 4 is 46.4 Å². The van der Waals surface area contributed by atoms with Gasteiger partial charge in [-0.05, 0) is 36.4 Å². The number of anilines is 3. The Morgan fingerprint density at radius 1 is 1.04 bits per heavy atom. The zero-order valence-corrected chi connectivity index (χ0v) is 15.2. The third kappa shape index (κ3) is 3.41. The maximum absolute atomic E-state index is 12.5. The van der Waals surface area contributed by atoms with Crippen LogP contribution in [0.3, 0.4) is 0 Å². The SMILES string of the molecule is CN(C)c1c(Cl)cccc1NC(=O)c1ccc(N2C(=O)CCC2=O)cc1. The first-order chi connectivity index (χ1) is 12.4. The Morgan fingerprint density at radius 2 is 1.65 bits per heavy atom. The van der Waals surface area contributed by atoms with Gasteiger partial charge in [-0.2, -0.15) is 0 Å². The molecule has 0 aliphatic carbocycles. The maximum atomic E-state index is 12.5. The van der Waals surface area contributed by atoms with Gasteiger partial charge in [0.05, 0.1) is 22.1 Å². The van der Waals surface area contributed by atoms with Crippen molar-refractivity contribution in [3.05, 3.63) is 53.1 Å². The quantitative estimate of drug-likeness (QED) is 0.837. The maximum Gasteiger partial charge on any atom is 0.255 e. The molecule has 2 aromatic rings. The number of hydrogen-bond acceptors (Lipinski definition) is 4. The number of nitrogens with one attached hydrogen (secondary N) is 1. The summed E-state index contributed by atoms with van der Waals surface area (Å²) in [6.07, 6.45) is 0.451. The average Bonchev–Trinajstić information content (AvgIpc) is 2.93. The van der Waals surface area contributed by atoms with Gasteiger partial charge in [0, 0.05) is 32.5 Å². The van der Waals surface area contributed by atoms with Crippen LogP contribution in [0.2, 0.25) is 5.02 Å². The Kier molecular flexibility index (Phi) is 4.95. The van der Waals surface area contributed by atoms with Gasteiger partial charge in [0.1, 0.15) is 0 Å². The zero-order valence-electron chi connectivity index (χ0n) is 14.5. The molecule has 3 amide bonds. The molecule has 0 saturated carbocycles. The van der Waals surface area contributed by atoms with E-state index in [0.717, 1.165) is 4.90 Å². The summed E-state index contributed by atoms with van der Waals surface area (Å²) >= 11 is 6.21. The molecule has 6 nitrogen and oxygen atoms in total. The first-order valence-corrected chi connectivity index (χ1v) is 8.49. The van der Waals surface area contributed by atoms with Gasteiger partial charge in [-0.15, -0.1) is 0 Å². The number of imide groups is 1. The van der Waals surface area contributed by atoms with Gasteiger partial charge in [0.15, 0.2) is 0 Å². The van der Waals surface area contributed by atoms with Gasteiger partial charge < -0.3 is 10.2 Å². The number of carbonyl (C=O) groups is 3. The molecule has 0 atom stereocenters. The predicted molar refractivity (Wildman–Crippen MR) is 102 cm³/mol. The van der Waals surface area contributed by atoms with Crippen LogP contribution in [-0.2, 0) is 9.59 Å². The smallest absolute Gasteiger partial charge is 0.255 e. The fourth-order valence-corrected chi connectivity index (χ4v) is 3.24. The summed E-state index contributed by atoms with van der Waals surface area (Å²) in [5, 5.41) is 3.38. The summed E-state index contributed by atoms with van der Waals surface area (Å²) in [6.45, 7) is 0. The number of hydrogen-bond donors (Lipinski definition) is 1. The molecule has 7 heteroatoms. The Balaban J connectivity index is 1.81. The van der Waals surface area contributed by atoms with Crippen molar-refractivity contribution in [2.75, 3.05) is 29.2 Å². The third-order valence-corrected chi connectivity index (χ3v) is 4.43. The summed E-state index contributed by atoms with van der Waals surface area (Å²) in [5.41, 5.74) is 2.21. The first kappa shape index (κ1) is 17.9. The van der Waals surface area contributed by atoms with E-state index in [4.69, 9.17) is 11.6 Å². The second kappa shape index (κ2) is 7.17. The lowest BCUT2D eigenvalue weighted by molar-refractivity contribution is -0.121. The molecule has 1 N–H and O–H groups in total. The van der Waals surface area contributed by atoms with Crippen LogP contribution in [0, 0.1) is 0 Å². The summed E-state index contributed by atoms with van der Waals surface area (Å²) < 4.78 is 0. The van der Waals surface area contributed by atoms with Crippen LogP contribution in [0.1, 0.15) is 23.2 Å². The van der Waals surface area contributed by atoms with E-state index in [-0.39, 0.29) is 30.6 Å². The minimum absolute atomic E-state index is 0.221. The lowest BCUT2D eigenvalue weighted by Crippen LogP contribution is -2.28. The molecule has 0 spiro atoms. The van der Waals surface area contributed by atoms with Gasteiger partial charge in [-0.3, -0.25) is 19.3 Å². The van der Waals surface area contributed by atoms with Crippen molar-refractivity contribution in [2.45, 2.75) is 12.8 Å². The normalized spacial score (nSPS) is 13.9. The summed E-state index contributed by atoms with van der Waals surface area (Å²) in [4.78, 5) is 39.1. The van der Waals surface area contributed by atoms with Crippen LogP contribution in [0.25, 0.3) is 0 Å². The van der Waals surface area contributed by atoms with Crippen molar-refractivity contribution < 1.29 is 14.4 Å².